The van der Waals surface area contributed by atoms with Crippen LogP contribution in [0.15, 0.2) is 83.8 Å². The number of anilines is 1. The Labute approximate surface area is 203 Å². The van der Waals surface area contributed by atoms with Crippen LogP contribution in [0.2, 0.25) is 0 Å². The molecule has 0 bridgehead atoms. The Bertz CT molecular complexity index is 1290. The number of carbonyl (C=O) groups excluding carboxylic acids is 2. The topological polar surface area (TPSA) is 119 Å². The summed E-state index contributed by atoms with van der Waals surface area (Å²) in [7, 11) is -4.22. The van der Waals surface area contributed by atoms with Crippen LogP contribution in [-0.4, -0.2) is 58.0 Å². The van der Waals surface area contributed by atoms with Crippen molar-refractivity contribution in [3.63, 3.8) is 0 Å². The van der Waals surface area contributed by atoms with Gasteiger partial charge in [0.05, 0.1) is 23.8 Å². The summed E-state index contributed by atoms with van der Waals surface area (Å²) in [6.07, 6.45) is 0. The molecule has 0 aromatic heterocycles. The first-order valence-electron chi connectivity index (χ1n) is 11.0. The third-order valence-corrected chi connectivity index (χ3v) is 7.25. The SMILES string of the molecule is NC(=O)c1ccc(S(=O)(=O)N(CC(=O)N2CCOCC2)c2ccccc2Oc2ccccc2)cc1. The van der Waals surface area contributed by atoms with E-state index >= 15 is 0 Å². The van der Waals surface area contributed by atoms with Crippen LogP contribution < -0.4 is 14.8 Å². The van der Waals surface area contributed by atoms with E-state index < -0.39 is 22.5 Å². The second kappa shape index (κ2) is 10.6. The van der Waals surface area contributed by atoms with Gasteiger partial charge in [-0.1, -0.05) is 30.3 Å². The van der Waals surface area contributed by atoms with Crippen LogP contribution >= 0.6 is 0 Å². The van der Waals surface area contributed by atoms with Crippen molar-refractivity contribution in [2.45, 2.75) is 4.90 Å². The van der Waals surface area contributed by atoms with Crippen LogP contribution in [0.4, 0.5) is 5.69 Å². The minimum Gasteiger partial charge on any atom is -0.455 e. The Morgan fingerprint density at radius 1 is 0.914 bits per heavy atom. The molecule has 0 radical (unpaired) electrons. The number of carbonyl (C=O) groups is 2. The lowest BCUT2D eigenvalue weighted by molar-refractivity contribution is -0.133. The van der Waals surface area contributed by atoms with Crippen LogP contribution in [0.5, 0.6) is 11.5 Å². The Balaban J connectivity index is 1.75. The van der Waals surface area contributed by atoms with Crippen LogP contribution in [0.3, 0.4) is 0 Å². The summed E-state index contributed by atoms with van der Waals surface area (Å²) in [5, 5.41) is 0. The van der Waals surface area contributed by atoms with Crippen molar-refractivity contribution >= 4 is 27.5 Å². The summed E-state index contributed by atoms with van der Waals surface area (Å²) in [6, 6.07) is 20.8. The van der Waals surface area contributed by atoms with Gasteiger partial charge in [0.25, 0.3) is 10.0 Å². The number of rotatable bonds is 8. The average Bonchev–Trinajstić information content (AvgIpc) is 2.88. The number of amides is 2. The first-order valence-corrected chi connectivity index (χ1v) is 12.4. The summed E-state index contributed by atoms with van der Waals surface area (Å²) in [5.74, 6) is -0.247. The molecule has 0 saturated carbocycles. The largest absolute Gasteiger partial charge is 0.455 e. The van der Waals surface area contributed by atoms with E-state index in [2.05, 4.69) is 0 Å². The summed E-state index contributed by atoms with van der Waals surface area (Å²) in [4.78, 5) is 26.1. The Kier molecular flexibility index (Phi) is 7.33. The predicted octanol–water partition coefficient (Wildman–Crippen LogP) is 2.63. The number of sulfonamides is 1. The molecule has 35 heavy (non-hydrogen) atoms. The summed E-state index contributed by atoms with van der Waals surface area (Å²) >= 11 is 0. The van der Waals surface area contributed by atoms with Gasteiger partial charge in [0.1, 0.15) is 12.3 Å². The number of ether oxygens (including phenoxy) is 2. The molecule has 182 valence electrons. The number of para-hydroxylation sites is 3. The molecule has 9 nitrogen and oxygen atoms in total. The Morgan fingerprint density at radius 2 is 1.54 bits per heavy atom. The monoisotopic (exact) mass is 495 g/mol. The van der Waals surface area contributed by atoms with Gasteiger partial charge in [-0.3, -0.25) is 13.9 Å². The fourth-order valence-corrected chi connectivity index (χ4v) is 5.04. The second-order valence-corrected chi connectivity index (χ2v) is 9.64. The highest BCUT2D eigenvalue weighted by Gasteiger charge is 2.31. The van der Waals surface area contributed by atoms with E-state index in [-0.39, 0.29) is 27.8 Å². The quantitative estimate of drug-likeness (QED) is 0.513. The van der Waals surface area contributed by atoms with Gasteiger partial charge in [-0.05, 0) is 48.5 Å². The molecule has 2 N–H and O–H groups in total. The molecule has 3 aromatic rings. The molecule has 0 atom stereocenters. The standard InChI is InChI=1S/C25H25N3O6S/c26-25(30)19-10-12-21(13-11-19)35(31,32)28(18-24(29)27-14-16-33-17-15-27)22-8-4-5-9-23(22)34-20-6-2-1-3-7-20/h1-13H,14-18H2,(H2,26,30). The maximum Gasteiger partial charge on any atom is 0.264 e. The van der Waals surface area contributed by atoms with E-state index in [0.29, 0.717) is 32.1 Å². The Morgan fingerprint density at radius 3 is 2.20 bits per heavy atom. The van der Waals surface area contributed by atoms with Crippen molar-refractivity contribution in [2.75, 3.05) is 37.2 Å². The van der Waals surface area contributed by atoms with Crippen LogP contribution in [0.25, 0.3) is 0 Å². The zero-order valence-corrected chi connectivity index (χ0v) is 19.7. The van der Waals surface area contributed by atoms with E-state index in [0.717, 1.165) is 4.31 Å². The number of nitrogens with zero attached hydrogens (tertiary/aromatic N) is 2. The molecule has 1 saturated heterocycles. The number of morpholine rings is 1. The molecular weight excluding hydrogens is 470 g/mol. The fourth-order valence-electron chi connectivity index (χ4n) is 3.62. The number of nitrogens with two attached hydrogens (primary N) is 1. The first kappa shape index (κ1) is 24.2. The van der Waals surface area contributed by atoms with E-state index in [9.17, 15) is 18.0 Å². The maximum absolute atomic E-state index is 13.8. The first-order chi connectivity index (χ1) is 16.9. The molecule has 0 unspecified atom stereocenters. The normalized spacial score (nSPS) is 13.8. The minimum atomic E-state index is -4.22. The maximum atomic E-state index is 13.8. The lowest BCUT2D eigenvalue weighted by atomic mass is 10.2. The van der Waals surface area contributed by atoms with Crippen molar-refractivity contribution in [3.05, 3.63) is 84.4 Å². The summed E-state index contributed by atoms with van der Waals surface area (Å²) in [6.45, 7) is 1.10. The highest BCUT2D eigenvalue weighted by atomic mass is 32.2. The van der Waals surface area contributed by atoms with Gasteiger partial charge < -0.3 is 20.1 Å². The molecule has 3 aromatic carbocycles. The van der Waals surface area contributed by atoms with E-state index in [1.807, 2.05) is 6.07 Å². The molecule has 2 amide bonds. The molecule has 0 spiro atoms. The molecule has 1 heterocycles. The van der Waals surface area contributed by atoms with Gasteiger partial charge in [-0.15, -0.1) is 0 Å². The highest BCUT2D eigenvalue weighted by Crippen LogP contribution is 2.35. The lowest BCUT2D eigenvalue weighted by Crippen LogP contribution is -2.47. The Hall–Kier alpha value is -3.89. The molecule has 1 fully saturated rings. The molecular formula is C25H25N3O6S. The van der Waals surface area contributed by atoms with E-state index in [1.165, 1.54) is 24.3 Å². The fraction of sp³-hybridized carbons (Fsp3) is 0.200. The van der Waals surface area contributed by atoms with Crippen molar-refractivity contribution in [3.8, 4) is 11.5 Å². The third-order valence-electron chi connectivity index (χ3n) is 5.47. The third kappa shape index (κ3) is 5.61. The summed E-state index contributed by atoms with van der Waals surface area (Å²) < 4.78 is 39.9. The molecule has 1 aliphatic rings. The van der Waals surface area contributed by atoms with E-state index in [4.69, 9.17) is 15.2 Å². The zero-order chi connectivity index (χ0) is 24.8. The van der Waals surface area contributed by atoms with Crippen molar-refractivity contribution in [1.29, 1.82) is 0 Å². The van der Waals surface area contributed by atoms with Gasteiger partial charge in [-0.2, -0.15) is 0 Å². The van der Waals surface area contributed by atoms with Crippen LogP contribution in [0.1, 0.15) is 10.4 Å². The van der Waals surface area contributed by atoms with Crippen LogP contribution in [-0.2, 0) is 19.6 Å². The average molecular weight is 496 g/mol. The lowest BCUT2D eigenvalue weighted by Gasteiger charge is -2.31. The summed E-state index contributed by atoms with van der Waals surface area (Å²) in [5.41, 5.74) is 5.67. The van der Waals surface area contributed by atoms with Crippen LogP contribution in [0, 0.1) is 0 Å². The van der Waals surface area contributed by atoms with E-state index in [1.54, 1.807) is 53.4 Å². The highest BCUT2D eigenvalue weighted by molar-refractivity contribution is 7.92. The smallest absolute Gasteiger partial charge is 0.264 e. The zero-order valence-electron chi connectivity index (χ0n) is 18.9. The predicted molar refractivity (Wildman–Crippen MR) is 130 cm³/mol. The number of hydrogen-bond donors (Lipinski definition) is 1. The van der Waals surface area contributed by atoms with Crippen molar-refractivity contribution in [1.82, 2.24) is 4.90 Å². The van der Waals surface area contributed by atoms with Gasteiger partial charge in [0, 0.05) is 18.7 Å². The van der Waals surface area contributed by atoms with Gasteiger partial charge in [-0.25, -0.2) is 8.42 Å². The number of primary amides is 1. The molecule has 4 rings (SSSR count). The van der Waals surface area contributed by atoms with Gasteiger partial charge in [0.2, 0.25) is 11.8 Å². The van der Waals surface area contributed by atoms with Gasteiger partial charge in [0.15, 0.2) is 5.75 Å². The van der Waals surface area contributed by atoms with Crippen molar-refractivity contribution in [2.24, 2.45) is 5.73 Å². The molecule has 1 aliphatic heterocycles. The number of hydrogen-bond acceptors (Lipinski definition) is 6. The molecule has 0 aliphatic carbocycles. The molecule has 10 heteroatoms. The van der Waals surface area contributed by atoms with Crippen molar-refractivity contribution < 1.29 is 27.5 Å². The van der Waals surface area contributed by atoms with Gasteiger partial charge >= 0.3 is 0 Å². The number of benzene rings is 3. The second-order valence-electron chi connectivity index (χ2n) is 7.78. The minimum absolute atomic E-state index is 0.0909.